The molecule has 0 aromatic heterocycles. The normalized spacial score (nSPS) is 21.7. The summed E-state index contributed by atoms with van der Waals surface area (Å²) in [5.74, 6) is -0.284. The molecule has 0 unspecified atom stereocenters. The summed E-state index contributed by atoms with van der Waals surface area (Å²) in [6, 6.07) is -0.210. The van der Waals surface area contributed by atoms with E-state index in [9.17, 15) is 14.7 Å². The summed E-state index contributed by atoms with van der Waals surface area (Å²) in [6.45, 7) is 3.34. The van der Waals surface area contributed by atoms with E-state index in [0.717, 1.165) is 19.4 Å². The highest BCUT2D eigenvalue weighted by Crippen LogP contribution is 2.31. The fourth-order valence-corrected chi connectivity index (χ4v) is 3.00. The van der Waals surface area contributed by atoms with Crippen molar-refractivity contribution in [2.45, 2.75) is 57.4 Å². The second-order valence-corrected chi connectivity index (χ2v) is 5.86. The largest absolute Gasteiger partial charge is 0.480 e. The van der Waals surface area contributed by atoms with Gasteiger partial charge in [-0.1, -0.05) is 19.3 Å². The van der Waals surface area contributed by atoms with Crippen LogP contribution in [0, 0.1) is 5.92 Å². The number of rotatable bonds is 5. The SMILES string of the molecule is CCN(CC1CCC1)C(=O)NC1(C(=O)O)CCCC1. The van der Waals surface area contributed by atoms with Gasteiger partial charge in [0, 0.05) is 13.1 Å². The molecule has 2 fully saturated rings. The van der Waals surface area contributed by atoms with Crippen LogP contribution in [-0.4, -0.2) is 40.6 Å². The lowest BCUT2D eigenvalue weighted by atomic mass is 9.85. The maximum Gasteiger partial charge on any atom is 0.329 e. The topological polar surface area (TPSA) is 69.6 Å². The first-order chi connectivity index (χ1) is 9.07. The van der Waals surface area contributed by atoms with Crippen molar-refractivity contribution >= 4 is 12.0 Å². The lowest BCUT2D eigenvalue weighted by Crippen LogP contribution is -2.57. The van der Waals surface area contributed by atoms with E-state index in [2.05, 4.69) is 5.32 Å². The molecule has 0 bridgehead atoms. The third-order valence-corrected chi connectivity index (χ3v) is 4.58. The van der Waals surface area contributed by atoms with E-state index in [1.807, 2.05) is 6.92 Å². The smallest absolute Gasteiger partial charge is 0.329 e. The molecule has 2 aliphatic carbocycles. The number of urea groups is 1. The van der Waals surface area contributed by atoms with Crippen molar-refractivity contribution < 1.29 is 14.7 Å². The number of carboxylic acids is 1. The van der Waals surface area contributed by atoms with Crippen LogP contribution in [0.15, 0.2) is 0 Å². The lowest BCUT2D eigenvalue weighted by molar-refractivity contribution is -0.144. The zero-order valence-corrected chi connectivity index (χ0v) is 11.7. The zero-order valence-electron chi connectivity index (χ0n) is 11.7. The first-order valence-electron chi connectivity index (χ1n) is 7.38. The van der Waals surface area contributed by atoms with E-state index < -0.39 is 11.5 Å². The zero-order chi connectivity index (χ0) is 13.9. The van der Waals surface area contributed by atoms with Gasteiger partial charge >= 0.3 is 12.0 Å². The Morgan fingerprint density at radius 2 is 1.89 bits per heavy atom. The van der Waals surface area contributed by atoms with Crippen LogP contribution in [0.4, 0.5) is 4.79 Å². The van der Waals surface area contributed by atoms with Crippen LogP contribution < -0.4 is 5.32 Å². The van der Waals surface area contributed by atoms with Gasteiger partial charge in [-0.2, -0.15) is 0 Å². The Morgan fingerprint density at radius 1 is 1.26 bits per heavy atom. The average molecular weight is 268 g/mol. The minimum atomic E-state index is -1.02. The number of amides is 2. The molecule has 2 saturated carbocycles. The molecule has 108 valence electrons. The van der Waals surface area contributed by atoms with Crippen LogP contribution in [0.5, 0.6) is 0 Å². The third-order valence-electron chi connectivity index (χ3n) is 4.58. The van der Waals surface area contributed by atoms with Crippen LogP contribution in [0.3, 0.4) is 0 Å². The molecule has 5 nitrogen and oxygen atoms in total. The standard InChI is InChI=1S/C14H24N2O3/c1-2-16(10-11-6-5-7-11)13(19)15-14(12(17)18)8-3-4-9-14/h11H,2-10H2,1H3,(H,15,19)(H,17,18). The molecule has 2 N–H and O–H groups in total. The van der Waals surface area contributed by atoms with E-state index in [4.69, 9.17) is 0 Å². The summed E-state index contributed by atoms with van der Waals surface area (Å²) in [5, 5.41) is 12.2. The molecule has 2 aliphatic rings. The van der Waals surface area contributed by atoms with E-state index in [1.165, 1.54) is 19.3 Å². The summed E-state index contributed by atoms with van der Waals surface area (Å²) in [6.07, 6.45) is 6.48. The minimum Gasteiger partial charge on any atom is -0.480 e. The van der Waals surface area contributed by atoms with Crippen molar-refractivity contribution in [1.29, 1.82) is 0 Å². The summed E-state index contributed by atoms with van der Waals surface area (Å²) in [7, 11) is 0. The molecule has 5 heteroatoms. The van der Waals surface area contributed by atoms with Crippen molar-refractivity contribution in [2.75, 3.05) is 13.1 Å². The van der Waals surface area contributed by atoms with Gasteiger partial charge in [-0.05, 0) is 38.5 Å². The number of nitrogens with one attached hydrogen (secondary N) is 1. The summed E-state index contributed by atoms with van der Waals surface area (Å²) >= 11 is 0. The van der Waals surface area contributed by atoms with Gasteiger partial charge in [0.25, 0.3) is 0 Å². The van der Waals surface area contributed by atoms with Crippen LogP contribution in [-0.2, 0) is 4.79 Å². The fraction of sp³-hybridized carbons (Fsp3) is 0.857. The second kappa shape index (κ2) is 5.80. The summed E-state index contributed by atoms with van der Waals surface area (Å²) in [4.78, 5) is 25.4. The van der Waals surface area contributed by atoms with Crippen LogP contribution in [0.25, 0.3) is 0 Å². The molecule has 0 atom stereocenters. The molecule has 0 radical (unpaired) electrons. The maximum absolute atomic E-state index is 12.3. The molecule has 0 aliphatic heterocycles. The molecule has 0 aromatic rings. The Morgan fingerprint density at radius 3 is 2.32 bits per heavy atom. The van der Waals surface area contributed by atoms with E-state index >= 15 is 0 Å². The van der Waals surface area contributed by atoms with Crippen molar-refractivity contribution in [3.05, 3.63) is 0 Å². The first-order valence-corrected chi connectivity index (χ1v) is 7.38. The van der Waals surface area contributed by atoms with Gasteiger partial charge in [0.2, 0.25) is 0 Å². The highest BCUT2D eigenvalue weighted by atomic mass is 16.4. The van der Waals surface area contributed by atoms with Gasteiger partial charge in [0.1, 0.15) is 5.54 Å². The number of carbonyl (C=O) groups excluding carboxylic acids is 1. The number of carboxylic acid groups (broad SMARTS) is 1. The van der Waals surface area contributed by atoms with Crippen LogP contribution >= 0.6 is 0 Å². The molecule has 19 heavy (non-hydrogen) atoms. The Labute approximate surface area is 114 Å². The van der Waals surface area contributed by atoms with Crippen molar-refractivity contribution in [3.8, 4) is 0 Å². The first kappa shape index (κ1) is 14.2. The highest BCUT2D eigenvalue weighted by molar-refractivity contribution is 5.86. The molecule has 2 amide bonds. The van der Waals surface area contributed by atoms with Gasteiger partial charge < -0.3 is 15.3 Å². The Hall–Kier alpha value is -1.26. The van der Waals surface area contributed by atoms with E-state index in [1.54, 1.807) is 4.90 Å². The predicted octanol–water partition coefficient (Wildman–Crippen LogP) is 2.22. The number of hydrogen-bond donors (Lipinski definition) is 2. The third kappa shape index (κ3) is 3.01. The molecular formula is C14H24N2O3. The lowest BCUT2D eigenvalue weighted by Gasteiger charge is -2.34. The van der Waals surface area contributed by atoms with E-state index in [-0.39, 0.29) is 6.03 Å². The quantitative estimate of drug-likeness (QED) is 0.803. The Bertz CT molecular complexity index is 347. The van der Waals surface area contributed by atoms with Gasteiger partial charge in [-0.25, -0.2) is 9.59 Å². The molecule has 0 aromatic carbocycles. The summed E-state index contributed by atoms with van der Waals surface area (Å²) in [5.41, 5.74) is -1.02. The van der Waals surface area contributed by atoms with Crippen molar-refractivity contribution in [1.82, 2.24) is 10.2 Å². The van der Waals surface area contributed by atoms with Gasteiger partial charge in [-0.15, -0.1) is 0 Å². The minimum absolute atomic E-state index is 0.210. The second-order valence-electron chi connectivity index (χ2n) is 5.86. The van der Waals surface area contributed by atoms with Gasteiger partial charge in [-0.3, -0.25) is 0 Å². The van der Waals surface area contributed by atoms with Crippen LogP contribution in [0.1, 0.15) is 51.9 Å². The monoisotopic (exact) mass is 268 g/mol. The highest BCUT2D eigenvalue weighted by Gasteiger charge is 2.43. The number of hydrogen-bond acceptors (Lipinski definition) is 2. The molecule has 0 heterocycles. The van der Waals surface area contributed by atoms with E-state index in [0.29, 0.717) is 25.3 Å². The van der Waals surface area contributed by atoms with Crippen LogP contribution in [0.2, 0.25) is 0 Å². The number of carbonyl (C=O) groups is 2. The number of aliphatic carboxylic acids is 1. The maximum atomic E-state index is 12.3. The number of nitrogens with zero attached hydrogens (tertiary/aromatic N) is 1. The molecule has 2 rings (SSSR count). The predicted molar refractivity (Wildman–Crippen MR) is 72.0 cm³/mol. The summed E-state index contributed by atoms with van der Waals surface area (Å²) < 4.78 is 0. The fourth-order valence-electron chi connectivity index (χ4n) is 3.00. The van der Waals surface area contributed by atoms with Gasteiger partial charge in [0.15, 0.2) is 0 Å². The van der Waals surface area contributed by atoms with Gasteiger partial charge in [0.05, 0.1) is 0 Å². The van der Waals surface area contributed by atoms with Crippen molar-refractivity contribution in [3.63, 3.8) is 0 Å². The molecular weight excluding hydrogens is 244 g/mol. The Kier molecular flexibility index (Phi) is 4.32. The molecule has 0 saturated heterocycles. The molecule has 0 spiro atoms. The van der Waals surface area contributed by atoms with Crippen molar-refractivity contribution in [2.24, 2.45) is 5.92 Å². The Balaban J connectivity index is 1.94. The average Bonchev–Trinajstić information content (AvgIpc) is 2.77.